The highest BCUT2D eigenvalue weighted by Gasteiger charge is 2.12. The second kappa shape index (κ2) is 13.7. The molecule has 2 unspecified atom stereocenters. The minimum absolute atomic E-state index is 0. The fourth-order valence-corrected chi connectivity index (χ4v) is 2.35. The van der Waals surface area contributed by atoms with Gasteiger partial charge in [0.1, 0.15) is 5.75 Å². The van der Waals surface area contributed by atoms with Gasteiger partial charge >= 0.3 is 5.97 Å². The lowest BCUT2D eigenvalue weighted by molar-refractivity contribution is -0.144. The van der Waals surface area contributed by atoms with Crippen LogP contribution in [-0.2, 0) is 9.53 Å². The van der Waals surface area contributed by atoms with Gasteiger partial charge in [0.2, 0.25) is 0 Å². The third-order valence-corrected chi connectivity index (χ3v) is 4.03. The number of halogens is 1. The van der Waals surface area contributed by atoms with Crippen LogP contribution in [0.5, 0.6) is 5.75 Å². The van der Waals surface area contributed by atoms with E-state index in [2.05, 4.69) is 34.7 Å². The number of methoxy groups -OCH3 is 2. The molecule has 0 amide bonds. The molecule has 0 aliphatic heterocycles. The van der Waals surface area contributed by atoms with Crippen molar-refractivity contribution in [2.75, 3.05) is 33.9 Å². The van der Waals surface area contributed by atoms with Crippen LogP contribution in [0.4, 0.5) is 0 Å². The third-order valence-electron chi connectivity index (χ3n) is 4.03. The van der Waals surface area contributed by atoms with Crippen LogP contribution in [0.3, 0.4) is 0 Å². The maximum atomic E-state index is 11.4. The highest BCUT2D eigenvalue weighted by Crippen LogP contribution is 2.21. The van der Waals surface area contributed by atoms with Crippen molar-refractivity contribution in [2.45, 2.75) is 33.1 Å². The van der Waals surface area contributed by atoms with Crippen molar-refractivity contribution in [1.29, 1.82) is 0 Å². The lowest BCUT2D eigenvalue weighted by atomic mass is 9.98. The number of carbonyl (C=O) groups excluding carboxylic acids is 1. The summed E-state index contributed by atoms with van der Waals surface area (Å²) in [6.45, 7) is 7.99. The van der Waals surface area contributed by atoms with E-state index < -0.39 is 0 Å². The minimum Gasteiger partial charge on any atom is -0.497 e. The molecule has 2 N–H and O–H groups in total. The zero-order chi connectivity index (χ0) is 18.7. The van der Waals surface area contributed by atoms with Crippen molar-refractivity contribution >= 4 is 35.9 Å². The Labute approximate surface area is 174 Å². The zero-order valence-corrected chi connectivity index (χ0v) is 18.7. The van der Waals surface area contributed by atoms with Gasteiger partial charge in [-0.15, -0.1) is 24.0 Å². The van der Waals surface area contributed by atoms with Gasteiger partial charge in [0, 0.05) is 13.1 Å². The minimum atomic E-state index is -0.251. The fourth-order valence-electron chi connectivity index (χ4n) is 2.35. The van der Waals surface area contributed by atoms with Crippen LogP contribution in [0.25, 0.3) is 0 Å². The van der Waals surface area contributed by atoms with Gasteiger partial charge in [-0.25, -0.2) is 0 Å². The summed E-state index contributed by atoms with van der Waals surface area (Å²) in [6, 6.07) is 8.17. The summed E-state index contributed by atoms with van der Waals surface area (Å²) in [7, 11) is 3.07. The van der Waals surface area contributed by atoms with Gasteiger partial charge in [0.05, 0.1) is 26.7 Å². The number of guanidine groups is 1. The third kappa shape index (κ3) is 8.73. The Hall–Kier alpha value is -1.51. The quantitative estimate of drug-likeness (QED) is 0.248. The molecule has 1 aromatic carbocycles. The molecule has 26 heavy (non-hydrogen) atoms. The molecule has 0 bridgehead atoms. The molecule has 148 valence electrons. The van der Waals surface area contributed by atoms with E-state index in [4.69, 9.17) is 9.47 Å². The molecule has 0 spiro atoms. The first-order valence-corrected chi connectivity index (χ1v) is 8.75. The van der Waals surface area contributed by atoms with E-state index in [9.17, 15) is 4.79 Å². The normalized spacial score (nSPS) is 13.2. The van der Waals surface area contributed by atoms with Gasteiger partial charge in [-0.3, -0.25) is 9.79 Å². The Kier molecular flexibility index (Phi) is 12.9. The van der Waals surface area contributed by atoms with Gasteiger partial charge in [0.15, 0.2) is 5.96 Å². The molecule has 0 aliphatic rings. The second-order valence-electron chi connectivity index (χ2n) is 6.03. The Bertz CT molecular complexity index is 549. The predicted molar refractivity (Wildman–Crippen MR) is 117 cm³/mol. The maximum Gasteiger partial charge on any atom is 0.310 e. The molecule has 7 heteroatoms. The summed E-state index contributed by atoms with van der Waals surface area (Å²) in [4.78, 5) is 15.9. The molecule has 0 saturated heterocycles. The number of hydrogen-bond acceptors (Lipinski definition) is 4. The predicted octanol–water partition coefficient (Wildman–Crippen LogP) is 3.17. The fraction of sp³-hybridized carbons (Fsp3) is 0.579. The first-order valence-electron chi connectivity index (χ1n) is 8.75. The number of benzene rings is 1. The van der Waals surface area contributed by atoms with E-state index in [-0.39, 0.29) is 35.9 Å². The van der Waals surface area contributed by atoms with Crippen molar-refractivity contribution in [3.05, 3.63) is 29.8 Å². The van der Waals surface area contributed by atoms with Crippen LogP contribution in [0.1, 0.15) is 38.7 Å². The van der Waals surface area contributed by atoms with E-state index in [1.807, 2.05) is 26.0 Å². The molecule has 0 radical (unpaired) electrons. The molecule has 2 atom stereocenters. The van der Waals surface area contributed by atoms with Crippen LogP contribution in [-0.4, -0.2) is 45.8 Å². The van der Waals surface area contributed by atoms with Gasteiger partial charge in [-0.1, -0.05) is 26.0 Å². The van der Waals surface area contributed by atoms with Crippen molar-refractivity contribution in [3.63, 3.8) is 0 Å². The molecule has 0 fully saturated rings. The summed E-state index contributed by atoms with van der Waals surface area (Å²) >= 11 is 0. The Balaban J connectivity index is 0.00000625. The van der Waals surface area contributed by atoms with Crippen LogP contribution in [0.15, 0.2) is 29.3 Å². The smallest absolute Gasteiger partial charge is 0.310 e. The van der Waals surface area contributed by atoms with E-state index in [0.29, 0.717) is 12.5 Å². The number of nitrogens with one attached hydrogen (secondary N) is 2. The van der Waals surface area contributed by atoms with Crippen LogP contribution < -0.4 is 15.4 Å². The van der Waals surface area contributed by atoms with Gasteiger partial charge < -0.3 is 20.1 Å². The molecule has 0 heterocycles. The van der Waals surface area contributed by atoms with Gasteiger partial charge in [0.25, 0.3) is 0 Å². The number of nitrogens with zero attached hydrogens (tertiary/aromatic N) is 1. The number of hydrogen-bond donors (Lipinski definition) is 2. The van der Waals surface area contributed by atoms with Crippen LogP contribution >= 0.6 is 24.0 Å². The summed E-state index contributed by atoms with van der Waals surface area (Å²) in [5.41, 5.74) is 1.28. The van der Waals surface area contributed by atoms with Crippen molar-refractivity contribution < 1.29 is 14.3 Å². The van der Waals surface area contributed by atoms with Gasteiger partial charge in [-0.05, 0) is 37.0 Å². The standard InChI is InChI=1S/C19H31N3O3.HI/c1-6-20-19(22-13-15(3)18(23)25-5)21-12-11-14(2)16-7-9-17(24-4)10-8-16;/h7-10,14-15H,6,11-13H2,1-5H3,(H2,20,21,22);1H. The molecule has 0 saturated carbocycles. The SMILES string of the molecule is CCNC(=NCC(C)C(=O)OC)NCCC(C)c1ccc(OC)cc1.I. The van der Waals surface area contributed by atoms with E-state index in [1.54, 1.807) is 7.11 Å². The molecule has 1 rings (SSSR count). The van der Waals surface area contributed by atoms with E-state index >= 15 is 0 Å². The number of carbonyl (C=O) groups is 1. The monoisotopic (exact) mass is 477 g/mol. The Morgan fingerprint density at radius 1 is 1.15 bits per heavy atom. The number of rotatable bonds is 9. The molecule has 1 aromatic rings. The second-order valence-corrected chi connectivity index (χ2v) is 6.03. The summed E-state index contributed by atoms with van der Waals surface area (Å²) in [5, 5.41) is 6.51. The highest BCUT2D eigenvalue weighted by molar-refractivity contribution is 14.0. The van der Waals surface area contributed by atoms with Crippen LogP contribution in [0.2, 0.25) is 0 Å². The van der Waals surface area contributed by atoms with Crippen LogP contribution in [0, 0.1) is 5.92 Å². The highest BCUT2D eigenvalue weighted by atomic mass is 127. The first kappa shape index (κ1) is 24.5. The molecule has 6 nitrogen and oxygen atoms in total. The van der Waals surface area contributed by atoms with Crippen molar-refractivity contribution in [2.24, 2.45) is 10.9 Å². The van der Waals surface area contributed by atoms with E-state index in [1.165, 1.54) is 12.7 Å². The summed E-state index contributed by atoms with van der Waals surface area (Å²) in [6.07, 6.45) is 0.975. The molecular formula is C19H32IN3O3. The zero-order valence-electron chi connectivity index (χ0n) is 16.4. The lowest BCUT2D eigenvalue weighted by Gasteiger charge is -2.16. The van der Waals surface area contributed by atoms with Gasteiger partial charge in [-0.2, -0.15) is 0 Å². The number of aliphatic imine (C=N–C) groups is 1. The topological polar surface area (TPSA) is 72.0 Å². The van der Waals surface area contributed by atoms with Crippen molar-refractivity contribution in [3.8, 4) is 5.75 Å². The molecule has 0 aliphatic carbocycles. The first-order chi connectivity index (χ1) is 12.0. The average Bonchev–Trinajstić information content (AvgIpc) is 2.64. The Morgan fingerprint density at radius 2 is 1.81 bits per heavy atom. The maximum absolute atomic E-state index is 11.4. The molecular weight excluding hydrogens is 445 g/mol. The number of esters is 1. The summed E-state index contributed by atoms with van der Waals surface area (Å²) in [5.74, 6) is 1.53. The lowest BCUT2D eigenvalue weighted by Crippen LogP contribution is -2.38. The molecule has 0 aromatic heterocycles. The van der Waals surface area contributed by atoms with Crippen molar-refractivity contribution in [1.82, 2.24) is 10.6 Å². The largest absolute Gasteiger partial charge is 0.497 e. The van der Waals surface area contributed by atoms with E-state index in [0.717, 1.165) is 31.2 Å². The number of ether oxygens (including phenoxy) is 2. The average molecular weight is 477 g/mol. The Morgan fingerprint density at radius 3 is 2.35 bits per heavy atom. The summed E-state index contributed by atoms with van der Waals surface area (Å²) < 4.78 is 9.91.